The molecule has 0 amide bonds. The molecular formula is C16H15FO2. The Morgan fingerprint density at radius 1 is 1.16 bits per heavy atom. The minimum Gasteiger partial charge on any atom is -0.494 e. The SMILES string of the molecule is CCOc1ccc(-c2ccc(C(C)=O)cc2)c(F)c1. The van der Waals surface area contributed by atoms with E-state index >= 15 is 0 Å². The third-order valence-corrected chi connectivity index (χ3v) is 2.85. The van der Waals surface area contributed by atoms with Crippen LogP contribution in [0.25, 0.3) is 11.1 Å². The fourth-order valence-corrected chi connectivity index (χ4v) is 1.87. The Morgan fingerprint density at radius 2 is 1.84 bits per heavy atom. The molecule has 0 fully saturated rings. The van der Waals surface area contributed by atoms with E-state index in [1.165, 1.54) is 13.0 Å². The highest BCUT2D eigenvalue weighted by Crippen LogP contribution is 2.26. The molecule has 2 aromatic rings. The topological polar surface area (TPSA) is 26.3 Å². The van der Waals surface area contributed by atoms with Gasteiger partial charge in [-0.25, -0.2) is 4.39 Å². The summed E-state index contributed by atoms with van der Waals surface area (Å²) in [6.45, 7) is 3.87. The van der Waals surface area contributed by atoms with Crippen molar-refractivity contribution in [3.8, 4) is 16.9 Å². The molecule has 0 heterocycles. The maximum atomic E-state index is 14.0. The molecule has 2 nitrogen and oxygen atoms in total. The lowest BCUT2D eigenvalue weighted by atomic mass is 10.0. The molecular weight excluding hydrogens is 243 g/mol. The lowest BCUT2D eigenvalue weighted by Gasteiger charge is -2.07. The van der Waals surface area contributed by atoms with Crippen LogP contribution in [0.15, 0.2) is 42.5 Å². The van der Waals surface area contributed by atoms with Crippen LogP contribution in [0, 0.1) is 5.82 Å². The Morgan fingerprint density at radius 3 is 2.37 bits per heavy atom. The molecule has 0 spiro atoms. The van der Waals surface area contributed by atoms with Gasteiger partial charge < -0.3 is 4.74 Å². The van der Waals surface area contributed by atoms with Crippen LogP contribution in [-0.4, -0.2) is 12.4 Å². The van der Waals surface area contributed by atoms with Gasteiger partial charge in [-0.05, 0) is 31.5 Å². The molecule has 0 N–H and O–H groups in total. The predicted molar refractivity (Wildman–Crippen MR) is 73.0 cm³/mol. The Bertz CT molecular complexity index is 588. The molecule has 0 aliphatic carbocycles. The molecule has 0 aliphatic heterocycles. The van der Waals surface area contributed by atoms with Crippen molar-refractivity contribution < 1.29 is 13.9 Å². The van der Waals surface area contributed by atoms with Crippen LogP contribution in [-0.2, 0) is 0 Å². The second kappa shape index (κ2) is 5.65. The predicted octanol–water partition coefficient (Wildman–Crippen LogP) is 4.09. The zero-order chi connectivity index (χ0) is 13.8. The van der Waals surface area contributed by atoms with E-state index in [2.05, 4.69) is 0 Å². The minimum atomic E-state index is -0.332. The smallest absolute Gasteiger partial charge is 0.159 e. The maximum Gasteiger partial charge on any atom is 0.159 e. The van der Waals surface area contributed by atoms with Crippen molar-refractivity contribution in [2.75, 3.05) is 6.61 Å². The van der Waals surface area contributed by atoms with Gasteiger partial charge in [0.15, 0.2) is 5.78 Å². The monoisotopic (exact) mass is 258 g/mol. The van der Waals surface area contributed by atoms with Gasteiger partial charge in [-0.1, -0.05) is 24.3 Å². The van der Waals surface area contributed by atoms with Crippen LogP contribution < -0.4 is 4.74 Å². The third kappa shape index (κ3) is 2.99. The molecule has 0 aliphatic rings. The highest BCUT2D eigenvalue weighted by Gasteiger charge is 2.07. The Balaban J connectivity index is 2.33. The number of Topliss-reactive ketones (excluding diaryl/α,β-unsaturated/α-hetero) is 1. The van der Waals surface area contributed by atoms with Crippen molar-refractivity contribution in [2.45, 2.75) is 13.8 Å². The number of hydrogen-bond donors (Lipinski definition) is 0. The summed E-state index contributed by atoms with van der Waals surface area (Å²) in [5.41, 5.74) is 1.86. The standard InChI is InChI=1S/C16H15FO2/c1-3-19-14-8-9-15(16(17)10-14)13-6-4-12(5-7-13)11(2)18/h4-10H,3H2,1-2H3. The van der Waals surface area contributed by atoms with Gasteiger partial charge in [-0.2, -0.15) is 0 Å². The van der Waals surface area contributed by atoms with Crippen LogP contribution in [0.5, 0.6) is 5.75 Å². The van der Waals surface area contributed by atoms with Gasteiger partial charge in [-0.3, -0.25) is 4.79 Å². The largest absolute Gasteiger partial charge is 0.494 e. The molecule has 98 valence electrons. The van der Waals surface area contributed by atoms with Gasteiger partial charge in [0.1, 0.15) is 11.6 Å². The van der Waals surface area contributed by atoms with Gasteiger partial charge in [0.2, 0.25) is 0 Å². The van der Waals surface area contributed by atoms with Crippen LogP contribution in [0.4, 0.5) is 4.39 Å². The van der Waals surface area contributed by atoms with E-state index in [1.807, 2.05) is 6.92 Å². The van der Waals surface area contributed by atoms with Gasteiger partial charge in [-0.15, -0.1) is 0 Å². The minimum absolute atomic E-state index is 0.00119. The van der Waals surface area contributed by atoms with Crippen molar-refractivity contribution in [2.24, 2.45) is 0 Å². The first-order valence-corrected chi connectivity index (χ1v) is 6.15. The highest BCUT2D eigenvalue weighted by molar-refractivity contribution is 5.94. The summed E-state index contributed by atoms with van der Waals surface area (Å²) in [5, 5.41) is 0. The van der Waals surface area contributed by atoms with Crippen LogP contribution in [0.3, 0.4) is 0 Å². The van der Waals surface area contributed by atoms with Gasteiger partial charge >= 0.3 is 0 Å². The molecule has 0 atom stereocenters. The number of halogens is 1. The summed E-state index contributed by atoms with van der Waals surface area (Å²) in [4.78, 5) is 11.2. The van der Waals surface area contributed by atoms with E-state index in [4.69, 9.17) is 4.74 Å². The van der Waals surface area contributed by atoms with Crippen molar-refractivity contribution in [1.29, 1.82) is 0 Å². The maximum absolute atomic E-state index is 14.0. The van der Waals surface area contributed by atoms with Crippen molar-refractivity contribution in [1.82, 2.24) is 0 Å². The van der Waals surface area contributed by atoms with E-state index in [0.29, 0.717) is 23.5 Å². The molecule has 0 saturated heterocycles. The second-order valence-corrected chi connectivity index (χ2v) is 4.21. The molecule has 0 aromatic heterocycles. The zero-order valence-corrected chi connectivity index (χ0v) is 10.9. The lowest BCUT2D eigenvalue weighted by Crippen LogP contribution is -1.94. The summed E-state index contributed by atoms with van der Waals surface area (Å²) in [7, 11) is 0. The molecule has 2 aromatic carbocycles. The quantitative estimate of drug-likeness (QED) is 0.772. The first kappa shape index (κ1) is 13.3. The highest BCUT2D eigenvalue weighted by atomic mass is 19.1. The number of carbonyl (C=O) groups excluding carboxylic acids is 1. The molecule has 0 radical (unpaired) electrons. The van der Waals surface area contributed by atoms with E-state index < -0.39 is 0 Å². The average Bonchev–Trinajstić information content (AvgIpc) is 2.39. The Hall–Kier alpha value is -2.16. The molecule has 19 heavy (non-hydrogen) atoms. The summed E-state index contributed by atoms with van der Waals surface area (Å²) in [5.74, 6) is 0.185. The number of ketones is 1. The van der Waals surface area contributed by atoms with Crippen LogP contribution in [0.1, 0.15) is 24.2 Å². The summed E-state index contributed by atoms with van der Waals surface area (Å²) < 4.78 is 19.2. The Labute approximate surface area is 111 Å². The lowest BCUT2D eigenvalue weighted by molar-refractivity contribution is 0.101. The van der Waals surface area contributed by atoms with E-state index in [-0.39, 0.29) is 11.6 Å². The molecule has 3 heteroatoms. The van der Waals surface area contributed by atoms with Crippen molar-refractivity contribution >= 4 is 5.78 Å². The fraction of sp³-hybridized carbons (Fsp3) is 0.188. The zero-order valence-electron chi connectivity index (χ0n) is 10.9. The number of ether oxygens (including phenoxy) is 1. The molecule has 0 saturated carbocycles. The number of hydrogen-bond acceptors (Lipinski definition) is 2. The number of carbonyl (C=O) groups is 1. The molecule has 2 rings (SSSR count). The first-order chi connectivity index (χ1) is 9.11. The summed E-state index contributed by atoms with van der Waals surface area (Å²) in [6, 6.07) is 11.7. The summed E-state index contributed by atoms with van der Waals surface area (Å²) in [6.07, 6.45) is 0. The third-order valence-electron chi connectivity index (χ3n) is 2.85. The summed E-state index contributed by atoms with van der Waals surface area (Å²) >= 11 is 0. The van der Waals surface area contributed by atoms with Crippen LogP contribution in [0.2, 0.25) is 0 Å². The number of benzene rings is 2. The van der Waals surface area contributed by atoms with Gasteiger partial charge in [0.05, 0.1) is 6.61 Å². The van der Waals surface area contributed by atoms with Crippen LogP contribution >= 0.6 is 0 Å². The normalized spacial score (nSPS) is 10.3. The van der Waals surface area contributed by atoms with E-state index in [1.54, 1.807) is 36.4 Å². The van der Waals surface area contributed by atoms with E-state index in [9.17, 15) is 9.18 Å². The number of rotatable bonds is 4. The van der Waals surface area contributed by atoms with Gasteiger partial charge in [0.25, 0.3) is 0 Å². The van der Waals surface area contributed by atoms with Gasteiger partial charge in [0, 0.05) is 17.2 Å². The van der Waals surface area contributed by atoms with Crippen molar-refractivity contribution in [3.63, 3.8) is 0 Å². The molecule has 0 bridgehead atoms. The van der Waals surface area contributed by atoms with Crippen molar-refractivity contribution in [3.05, 3.63) is 53.8 Å². The first-order valence-electron chi connectivity index (χ1n) is 6.15. The Kier molecular flexibility index (Phi) is 3.95. The second-order valence-electron chi connectivity index (χ2n) is 4.21. The van der Waals surface area contributed by atoms with E-state index in [0.717, 1.165) is 5.56 Å². The molecule has 0 unspecified atom stereocenters. The fourth-order valence-electron chi connectivity index (χ4n) is 1.87. The average molecular weight is 258 g/mol.